The normalized spacial score (nSPS) is 9.30. The van der Waals surface area contributed by atoms with Crippen LogP contribution in [0.4, 0.5) is 0 Å². The van der Waals surface area contributed by atoms with E-state index in [0.717, 1.165) is 11.1 Å². The Morgan fingerprint density at radius 2 is 1.52 bits per heavy atom. The van der Waals surface area contributed by atoms with Gasteiger partial charge in [-0.15, -0.1) is 0 Å². The number of hydrogen-bond acceptors (Lipinski definition) is 3. The lowest BCUT2D eigenvalue weighted by Crippen LogP contribution is -1.99. The van der Waals surface area contributed by atoms with E-state index >= 15 is 0 Å². The fourth-order valence-electron chi connectivity index (χ4n) is 1.66. The molecule has 0 saturated heterocycles. The Morgan fingerprint density at radius 3 is 2.04 bits per heavy atom. The van der Waals surface area contributed by atoms with Crippen LogP contribution in [0.15, 0.2) is 60.7 Å². The molecule has 23 heavy (non-hydrogen) atoms. The number of allylic oxidation sites excluding steroid dienone is 1. The Hall–Kier alpha value is -3.11. The monoisotopic (exact) mass is 300 g/mol. The lowest BCUT2D eigenvalue weighted by atomic mass is 9.95. The van der Waals surface area contributed by atoms with E-state index in [1.165, 1.54) is 5.46 Å². The van der Waals surface area contributed by atoms with Crippen LogP contribution in [0.2, 0.25) is 0 Å². The van der Waals surface area contributed by atoms with Crippen LogP contribution in [0.25, 0.3) is 6.08 Å². The van der Waals surface area contributed by atoms with E-state index in [4.69, 9.17) is 10.5 Å². The summed E-state index contributed by atoms with van der Waals surface area (Å²) < 4.78 is 0. The number of unbranched alkanes of at least 4 members (excludes halogenated alkanes) is 1. The van der Waals surface area contributed by atoms with Crippen molar-refractivity contribution in [2.75, 3.05) is 0 Å². The van der Waals surface area contributed by atoms with Gasteiger partial charge in [0.2, 0.25) is 0 Å². The molecule has 0 amide bonds. The largest absolute Gasteiger partial charge is 0.289 e. The first-order valence-electron chi connectivity index (χ1n) is 7.25. The maximum absolute atomic E-state index is 11.8. The molecular formula is C19H17BN2O. The van der Waals surface area contributed by atoms with Gasteiger partial charge in [0.25, 0.3) is 0 Å². The van der Waals surface area contributed by atoms with Crippen LogP contribution >= 0.6 is 0 Å². The number of carbonyl (C=O) groups is 1. The van der Waals surface area contributed by atoms with Gasteiger partial charge in [-0.25, -0.2) is 0 Å². The summed E-state index contributed by atoms with van der Waals surface area (Å²) in [7, 11) is 2.04. The van der Waals surface area contributed by atoms with Gasteiger partial charge in [0, 0.05) is 18.4 Å². The van der Waals surface area contributed by atoms with Crippen molar-refractivity contribution in [2.45, 2.75) is 12.8 Å². The standard InChI is InChI=1S/C15H13BO.C4H4N2/c16-14-9-6-12(7-10-14)8-11-15(17)13-4-2-1-3-5-13;5-3-1-2-4-6/h1-11H,16H2;1-2H2. The highest BCUT2D eigenvalue weighted by Crippen LogP contribution is 2.04. The quantitative estimate of drug-likeness (QED) is 0.377. The number of nitriles is 2. The first-order chi connectivity index (χ1) is 11.2. The topological polar surface area (TPSA) is 64.7 Å². The maximum atomic E-state index is 11.8. The van der Waals surface area contributed by atoms with Crippen molar-refractivity contribution in [3.8, 4) is 12.1 Å². The Labute approximate surface area is 137 Å². The highest BCUT2D eigenvalue weighted by molar-refractivity contribution is 6.32. The van der Waals surface area contributed by atoms with Crippen LogP contribution in [0.3, 0.4) is 0 Å². The summed E-state index contributed by atoms with van der Waals surface area (Å²) in [5.74, 6) is 0.0335. The third-order valence-electron chi connectivity index (χ3n) is 2.91. The summed E-state index contributed by atoms with van der Waals surface area (Å²) in [6, 6.07) is 21.1. The van der Waals surface area contributed by atoms with Crippen molar-refractivity contribution in [1.82, 2.24) is 0 Å². The molecule has 0 spiro atoms. The first kappa shape index (κ1) is 17.9. The fourth-order valence-corrected chi connectivity index (χ4v) is 1.66. The predicted octanol–water partition coefficient (Wildman–Crippen LogP) is 2.65. The second-order valence-electron chi connectivity index (χ2n) is 4.79. The molecule has 2 aromatic carbocycles. The summed E-state index contributed by atoms with van der Waals surface area (Å²) in [5.41, 5.74) is 2.98. The number of ketones is 1. The molecule has 0 N–H and O–H groups in total. The van der Waals surface area contributed by atoms with Crippen LogP contribution in [-0.2, 0) is 0 Å². The smallest absolute Gasteiger partial charge is 0.185 e. The molecule has 2 aromatic rings. The van der Waals surface area contributed by atoms with Gasteiger partial charge >= 0.3 is 0 Å². The molecular weight excluding hydrogens is 283 g/mol. The highest BCUT2D eigenvalue weighted by Gasteiger charge is 1.98. The van der Waals surface area contributed by atoms with E-state index in [-0.39, 0.29) is 5.78 Å². The van der Waals surface area contributed by atoms with Crippen molar-refractivity contribution >= 4 is 25.2 Å². The van der Waals surface area contributed by atoms with Crippen molar-refractivity contribution in [3.05, 3.63) is 71.8 Å². The minimum Gasteiger partial charge on any atom is -0.289 e. The van der Waals surface area contributed by atoms with Gasteiger partial charge in [0.1, 0.15) is 7.85 Å². The number of carbonyl (C=O) groups excluding carboxylic acids is 1. The summed E-state index contributed by atoms with van der Waals surface area (Å²) >= 11 is 0. The SMILES string of the molecule is Bc1ccc(C=CC(=O)c2ccccc2)cc1.N#CCCC#N. The summed E-state index contributed by atoms with van der Waals surface area (Å²) in [5, 5.41) is 15.6. The van der Waals surface area contributed by atoms with Crippen LogP contribution < -0.4 is 5.46 Å². The van der Waals surface area contributed by atoms with E-state index in [1.807, 2.05) is 80.7 Å². The summed E-state index contributed by atoms with van der Waals surface area (Å²) in [4.78, 5) is 11.8. The molecule has 0 radical (unpaired) electrons. The Kier molecular flexibility index (Phi) is 8.27. The molecule has 0 saturated carbocycles. The molecule has 0 atom stereocenters. The van der Waals surface area contributed by atoms with E-state index in [0.29, 0.717) is 12.8 Å². The van der Waals surface area contributed by atoms with E-state index in [2.05, 4.69) is 0 Å². The minimum atomic E-state index is 0.0335. The second kappa shape index (κ2) is 10.6. The third-order valence-corrected chi connectivity index (χ3v) is 2.91. The minimum absolute atomic E-state index is 0.0335. The number of rotatable bonds is 4. The van der Waals surface area contributed by atoms with Crippen molar-refractivity contribution in [2.24, 2.45) is 0 Å². The molecule has 0 fully saturated rings. The number of nitrogens with zero attached hydrogens (tertiary/aromatic N) is 2. The van der Waals surface area contributed by atoms with Crippen molar-refractivity contribution in [3.63, 3.8) is 0 Å². The first-order valence-corrected chi connectivity index (χ1v) is 7.25. The van der Waals surface area contributed by atoms with Gasteiger partial charge in [-0.2, -0.15) is 10.5 Å². The summed E-state index contributed by atoms with van der Waals surface area (Å²) in [6.45, 7) is 0. The Morgan fingerprint density at radius 1 is 0.957 bits per heavy atom. The lowest BCUT2D eigenvalue weighted by Gasteiger charge is -1.96. The molecule has 3 nitrogen and oxygen atoms in total. The summed E-state index contributed by atoms with van der Waals surface area (Å²) in [6.07, 6.45) is 4.17. The average molecular weight is 300 g/mol. The number of hydrogen-bond donors (Lipinski definition) is 0. The molecule has 0 bridgehead atoms. The Bertz CT molecular complexity index is 709. The van der Waals surface area contributed by atoms with Crippen LogP contribution in [0, 0.1) is 22.7 Å². The fraction of sp³-hybridized carbons (Fsp3) is 0.105. The molecule has 2 rings (SSSR count). The molecule has 0 aliphatic rings. The molecule has 0 aliphatic heterocycles. The second-order valence-corrected chi connectivity index (χ2v) is 4.79. The van der Waals surface area contributed by atoms with Gasteiger partial charge in [0.15, 0.2) is 5.78 Å². The zero-order chi connectivity index (χ0) is 16.9. The molecule has 0 unspecified atom stereocenters. The van der Waals surface area contributed by atoms with Gasteiger partial charge in [0.05, 0.1) is 12.1 Å². The lowest BCUT2D eigenvalue weighted by molar-refractivity contribution is 0.104. The molecule has 0 heterocycles. The van der Waals surface area contributed by atoms with E-state index in [1.54, 1.807) is 6.08 Å². The van der Waals surface area contributed by atoms with Crippen LogP contribution in [0.5, 0.6) is 0 Å². The average Bonchev–Trinajstić information content (AvgIpc) is 2.60. The van der Waals surface area contributed by atoms with E-state index < -0.39 is 0 Å². The van der Waals surface area contributed by atoms with Gasteiger partial charge < -0.3 is 0 Å². The molecule has 112 valence electrons. The van der Waals surface area contributed by atoms with Crippen molar-refractivity contribution < 1.29 is 4.79 Å². The van der Waals surface area contributed by atoms with Crippen LogP contribution in [-0.4, -0.2) is 13.6 Å². The molecule has 0 aliphatic carbocycles. The number of benzene rings is 2. The zero-order valence-corrected chi connectivity index (χ0v) is 13.1. The van der Waals surface area contributed by atoms with Gasteiger partial charge in [-0.3, -0.25) is 4.79 Å². The Balaban J connectivity index is 0.000000379. The molecule has 4 heteroatoms. The van der Waals surface area contributed by atoms with E-state index in [9.17, 15) is 4.79 Å². The maximum Gasteiger partial charge on any atom is 0.185 e. The third kappa shape index (κ3) is 7.46. The van der Waals surface area contributed by atoms with Crippen molar-refractivity contribution in [1.29, 1.82) is 10.5 Å². The van der Waals surface area contributed by atoms with Crippen LogP contribution in [0.1, 0.15) is 28.8 Å². The van der Waals surface area contributed by atoms with Gasteiger partial charge in [-0.1, -0.05) is 66.1 Å². The molecule has 0 aromatic heterocycles. The zero-order valence-electron chi connectivity index (χ0n) is 13.1. The predicted molar refractivity (Wildman–Crippen MR) is 94.9 cm³/mol. The highest BCUT2D eigenvalue weighted by atomic mass is 16.1. The van der Waals surface area contributed by atoms with Gasteiger partial charge in [-0.05, 0) is 11.6 Å².